The van der Waals surface area contributed by atoms with Gasteiger partial charge in [-0.25, -0.2) is 14.8 Å². The van der Waals surface area contributed by atoms with Gasteiger partial charge in [0.05, 0.1) is 60.2 Å². The zero-order valence-electron chi connectivity index (χ0n) is 38.8. The van der Waals surface area contributed by atoms with Gasteiger partial charge in [0.2, 0.25) is 18.0 Å². The molecule has 3 aromatic carbocycles. The van der Waals surface area contributed by atoms with E-state index >= 15 is 0 Å². The first-order chi connectivity index (χ1) is 30.9. The number of H-pyrrole nitrogens is 2. The van der Waals surface area contributed by atoms with E-state index in [0.29, 0.717) is 25.3 Å². The minimum atomic E-state index is -0.738. The topological polar surface area (TPSA) is 176 Å². The number of hydrogen-bond donors (Lipinski definition) is 4. The molecule has 65 heavy (non-hydrogen) atoms. The van der Waals surface area contributed by atoms with E-state index in [2.05, 4.69) is 102 Å². The Hall–Kier alpha value is -6.41. The molecule has 0 saturated carbocycles. The van der Waals surface area contributed by atoms with Crippen molar-refractivity contribution in [3.8, 4) is 39.5 Å². The second-order valence-electron chi connectivity index (χ2n) is 20.5. The van der Waals surface area contributed by atoms with E-state index < -0.39 is 24.4 Å². The van der Waals surface area contributed by atoms with Crippen molar-refractivity contribution in [3.63, 3.8) is 0 Å². The number of imidazole rings is 2. The average molecular weight is 880 g/mol. The molecule has 5 N–H and O–H groups in total. The second kappa shape index (κ2) is 16.5. The molecule has 2 fully saturated rings. The van der Waals surface area contributed by atoms with Gasteiger partial charge in [-0.2, -0.15) is 0 Å². The van der Waals surface area contributed by atoms with Crippen LogP contribution in [0.2, 0.25) is 0 Å². The predicted octanol–water partition coefficient (Wildman–Crippen LogP) is 8.99. The highest BCUT2D eigenvalue weighted by Crippen LogP contribution is 2.48. The molecule has 0 bridgehead atoms. The fourth-order valence-corrected chi connectivity index (χ4v) is 10.0. The molecule has 14 nitrogen and oxygen atoms in total. The number of nitrogens with two attached hydrogens (primary N) is 1. The van der Waals surface area contributed by atoms with E-state index in [4.69, 9.17) is 25.2 Å². The van der Waals surface area contributed by atoms with Crippen LogP contribution >= 0.6 is 0 Å². The number of fused-ring (bicyclic) bond motifs is 5. The maximum Gasteiger partial charge on any atom is 0.407 e. The number of ether oxygens (including phenoxy) is 2. The van der Waals surface area contributed by atoms with Crippen LogP contribution in [0.25, 0.3) is 44.7 Å². The molecule has 14 heteroatoms. The summed E-state index contributed by atoms with van der Waals surface area (Å²) in [5, 5.41) is 3.80. The Bertz CT molecular complexity index is 2770. The molecule has 0 radical (unpaired) electrons. The Balaban J connectivity index is 1.03. The number of aromatic nitrogens is 5. The third-order valence-corrected chi connectivity index (χ3v) is 13.5. The maximum atomic E-state index is 14.1. The number of likely N-dealkylation sites (tertiary alicyclic amines) is 2. The van der Waals surface area contributed by atoms with E-state index in [0.717, 1.165) is 68.2 Å². The first-order valence-electron chi connectivity index (χ1n) is 22.7. The molecule has 0 aliphatic carbocycles. The van der Waals surface area contributed by atoms with Crippen LogP contribution in [0.3, 0.4) is 0 Å². The van der Waals surface area contributed by atoms with Gasteiger partial charge in [0, 0.05) is 40.7 Å². The lowest BCUT2D eigenvalue weighted by atomic mass is 9.90. The number of nitrogens with one attached hydrogen (secondary N) is 3. The molecule has 3 aromatic heterocycles. The van der Waals surface area contributed by atoms with Crippen molar-refractivity contribution in [2.75, 3.05) is 20.2 Å². The number of benzene rings is 3. The van der Waals surface area contributed by atoms with Crippen molar-refractivity contribution < 1.29 is 23.9 Å². The molecule has 9 rings (SSSR count). The zero-order chi connectivity index (χ0) is 46.1. The number of carbonyl (C=O) groups is 3. The van der Waals surface area contributed by atoms with Crippen molar-refractivity contribution in [2.45, 2.75) is 98.6 Å². The van der Waals surface area contributed by atoms with Crippen LogP contribution < -0.4 is 15.8 Å². The van der Waals surface area contributed by atoms with Crippen LogP contribution in [0.1, 0.15) is 104 Å². The number of amides is 3. The van der Waals surface area contributed by atoms with Crippen LogP contribution in [-0.4, -0.2) is 84.5 Å². The Morgan fingerprint density at radius 2 is 1.37 bits per heavy atom. The second-order valence-corrected chi connectivity index (χ2v) is 20.5. The largest absolute Gasteiger partial charge is 0.465 e. The van der Waals surface area contributed by atoms with Gasteiger partial charge in [0.15, 0.2) is 0 Å². The predicted molar refractivity (Wildman–Crippen MR) is 250 cm³/mol. The first kappa shape index (κ1) is 43.8. The summed E-state index contributed by atoms with van der Waals surface area (Å²) >= 11 is 0. The third-order valence-electron chi connectivity index (χ3n) is 13.5. The van der Waals surface area contributed by atoms with Gasteiger partial charge >= 0.3 is 6.09 Å². The Morgan fingerprint density at radius 1 is 0.785 bits per heavy atom. The number of nitrogens with zero attached hydrogens (tertiary/aromatic N) is 5. The van der Waals surface area contributed by atoms with E-state index in [1.165, 1.54) is 7.11 Å². The molecular weight excluding hydrogens is 819 g/mol. The molecule has 340 valence electrons. The molecule has 3 aliphatic heterocycles. The summed E-state index contributed by atoms with van der Waals surface area (Å²) in [6, 6.07) is 23.3. The fourth-order valence-electron chi connectivity index (χ4n) is 10.0. The molecule has 6 aromatic rings. The number of aromatic amines is 2. The van der Waals surface area contributed by atoms with Gasteiger partial charge in [-0.1, -0.05) is 97.9 Å². The highest BCUT2D eigenvalue weighted by atomic mass is 16.5. The lowest BCUT2D eigenvalue weighted by molar-refractivity contribution is -0.136. The van der Waals surface area contributed by atoms with Crippen molar-refractivity contribution in [1.29, 1.82) is 0 Å². The van der Waals surface area contributed by atoms with Crippen LogP contribution in [0, 0.1) is 22.7 Å². The van der Waals surface area contributed by atoms with E-state index in [1.54, 1.807) is 0 Å². The summed E-state index contributed by atoms with van der Waals surface area (Å²) in [4.78, 5) is 60.5. The van der Waals surface area contributed by atoms with Crippen molar-refractivity contribution in [3.05, 3.63) is 102 Å². The number of alkyl carbamates (subject to hydrolysis) is 1. The number of rotatable bonds is 10. The summed E-state index contributed by atoms with van der Waals surface area (Å²) < 4.78 is 14.1. The summed E-state index contributed by atoms with van der Waals surface area (Å²) in [5.41, 5.74) is 13.8. The smallest absolute Gasteiger partial charge is 0.407 e. The summed E-state index contributed by atoms with van der Waals surface area (Å²) in [6.45, 7) is 17.6. The first-order valence-corrected chi connectivity index (χ1v) is 22.7. The highest BCUT2D eigenvalue weighted by Gasteiger charge is 2.46. The Morgan fingerprint density at radius 3 is 1.95 bits per heavy atom. The monoisotopic (exact) mass is 879 g/mol. The lowest BCUT2D eigenvalue weighted by Crippen LogP contribution is -2.51. The number of hydrogen-bond acceptors (Lipinski definition) is 8. The zero-order valence-corrected chi connectivity index (χ0v) is 38.8. The van der Waals surface area contributed by atoms with Gasteiger partial charge in [-0.05, 0) is 65.8 Å². The molecular formula is C51H61N9O5. The summed E-state index contributed by atoms with van der Waals surface area (Å²) in [6.07, 6.45) is 4.11. The van der Waals surface area contributed by atoms with Gasteiger partial charge in [-0.15, -0.1) is 0 Å². The third kappa shape index (κ3) is 8.17. The van der Waals surface area contributed by atoms with Gasteiger partial charge < -0.3 is 44.9 Å². The number of methoxy groups -OCH3 is 1. The molecule has 2 saturated heterocycles. The lowest BCUT2D eigenvalue weighted by Gasteiger charge is -2.30. The average Bonchev–Trinajstić information content (AvgIpc) is 4.13. The highest BCUT2D eigenvalue weighted by molar-refractivity contribution is 5.93. The minimum Gasteiger partial charge on any atom is -0.465 e. The SMILES string of the molecule is COC(=O)N[C@H](C(=O)N1CC(C)(C)C[C@H]1c1ncc(-c2ccc3c(c2)OC(c2ccccc2)n2c-3cc3cc(-c4cnc([C@@H]5CC(C)(C)CN5C(=O)[C@@H](N)C(C)C)[nH]4)ccc32)[nH]1)C(C)C. The molecule has 0 spiro atoms. The molecule has 3 amide bonds. The van der Waals surface area contributed by atoms with Crippen LogP contribution in [-0.2, 0) is 14.3 Å². The van der Waals surface area contributed by atoms with E-state index in [9.17, 15) is 14.4 Å². The van der Waals surface area contributed by atoms with Gasteiger partial charge in [0.25, 0.3) is 0 Å². The van der Waals surface area contributed by atoms with Gasteiger partial charge in [-0.3, -0.25) is 9.59 Å². The van der Waals surface area contributed by atoms with Crippen LogP contribution in [0.4, 0.5) is 4.79 Å². The van der Waals surface area contributed by atoms with Crippen LogP contribution in [0.5, 0.6) is 5.75 Å². The maximum absolute atomic E-state index is 14.1. The van der Waals surface area contributed by atoms with Crippen molar-refractivity contribution >= 4 is 28.8 Å². The number of carbonyl (C=O) groups excluding carboxylic acids is 3. The molecule has 3 aliphatic rings. The van der Waals surface area contributed by atoms with Gasteiger partial charge in [0.1, 0.15) is 23.4 Å². The van der Waals surface area contributed by atoms with E-state index in [1.807, 2.05) is 68.1 Å². The molecule has 6 heterocycles. The summed E-state index contributed by atoms with van der Waals surface area (Å²) in [5.74, 6) is 1.89. The summed E-state index contributed by atoms with van der Waals surface area (Å²) in [7, 11) is 1.30. The quantitative estimate of drug-likeness (QED) is 0.105. The fraction of sp³-hybridized carbons (Fsp3) is 0.431. The van der Waals surface area contributed by atoms with Crippen molar-refractivity contribution in [1.82, 2.24) is 39.6 Å². The molecule has 1 unspecified atom stereocenters. The normalized spacial score (nSPS) is 20.7. The standard InChI is InChI=1S/C51H61N9O5/c1-28(2)42(52)46(61)58-26-50(5,6)22-39(58)44-53-24-35(55-44)31-16-18-37-33(19-31)20-38-34-17-15-32(21-41(34)65-48(60(37)38)30-13-11-10-12-14-30)36-25-54-45(56-36)40-23-51(7,8)27-59(40)47(62)43(29(3)4)57-49(63)64-9/h10-21,24-25,28-29,39-40,42-43,48H,22-23,26-27,52H2,1-9H3,(H,53,55)(H,54,56)(H,57,63)/t39-,40-,42-,43-,48?/m0/s1. The van der Waals surface area contributed by atoms with E-state index in [-0.39, 0.29) is 46.6 Å². The Kier molecular flexibility index (Phi) is 11.2. The Labute approximate surface area is 380 Å². The van der Waals surface area contributed by atoms with Crippen molar-refractivity contribution in [2.24, 2.45) is 28.4 Å². The minimum absolute atomic E-state index is 0.0354. The van der Waals surface area contributed by atoms with Crippen LogP contribution in [0.15, 0.2) is 85.2 Å². The molecule has 5 atom stereocenters.